The summed E-state index contributed by atoms with van der Waals surface area (Å²) in [7, 11) is 1.23. The van der Waals surface area contributed by atoms with Crippen LogP contribution < -0.4 is 16.4 Å². The fraction of sp³-hybridized carbons (Fsp3) is 0.250. The van der Waals surface area contributed by atoms with Gasteiger partial charge in [0.1, 0.15) is 6.54 Å². The first-order valence-electron chi connectivity index (χ1n) is 5.52. The molecule has 102 valence electrons. The number of methoxy groups -OCH3 is 1. The molecule has 1 aromatic rings. The molecule has 0 aliphatic carbocycles. The number of anilines is 1. The standard InChI is InChI=1S/C12H15N3O4/c1-19-11(17)7-14-12(18)8-4-2-3-5-9(8)15-10(16)6-13/h2-5H,6-7,13H2,1H3,(H,14,18)(H,15,16). The predicted octanol–water partition coefficient (Wildman–Crippen LogP) is -0.513. The first kappa shape index (κ1) is 14.7. The summed E-state index contributed by atoms with van der Waals surface area (Å²) < 4.78 is 4.41. The quantitative estimate of drug-likeness (QED) is 0.621. The summed E-state index contributed by atoms with van der Waals surface area (Å²) in [5.41, 5.74) is 5.77. The summed E-state index contributed by atoms with van der Waals surface area (Å²) in [6.07, 6.45) is 0. The average molecular weight is 265 g/mol. The molecule has 0 radical (unpaired) electrons. The number of esters is 1. The normalized spacial score (nSPS) is 9.58. The first-order chi connectivity index (χ1) is 9.08. The summed E-state index contributed by atoms with van der Waals surface area (Å²) in [5, 5.41) is 4.89. The third-order valence-electron chi connectivity index (χ3n) is 2.25. The van der Waals surface area contributed by atoms with Crippen molar-refractivity contribution in [2.45, 2.75) is 0 Å². The molecule has 0 heterocycles. The summed E-state index contributed by atoms with van der Waals surface area (Å²) in [5.74, 6) is -1.46. The molecule has 0 atom stereocenters. The fourth-order valence-corrected chi connectivity index (χ4v) is 1.31. The van der Waals surface area contributed by atoms with E-state index in [4.69, 9.17) is 5.73 Å². The number of rotatable bonds is 5. The lowest BCUT2D eigenvalue weighted by molar-refractivity contribution is -0.139. The van der Waals surface area contributed by atoms with Gasteiger partial charge in [0.15, 0.2) is 0 Å². The molecule has 0 bridgehead atoms. The van der Waals surface area contributed by atoms with E-state index in [1.165, 1.54) is 13.2 Å². The van der Waals surface area contributed by atoms with Gasteiger partial charge in [0.25, 0.3) is 5.91 Å². The average Bonchev–Trinajstić information content (AvgIpc) is 2.44. The molecule has 0 aliphatic heterocycles. The SMILES string of the molecule is COC(=O)CNC(=O)c1ccccc1NC(=O)CN. The van der Waals surface area contributed by atoms with Crippen LogP contribution in [0.1, 0.15) is 10.4 Å². The van der Waals surface area contributed by atoms with Gasteiger partial charge < -0.3 is 21.1 Å². The van der Waals surface area contributed by atoms with Gasteiger partial charge in [0.2, 0.25) is 5.91 Å². The number of carbonyl (C=O) groups is 3. The predicted molar refractivity (Wildman–Crippen MR) is 68.5 cm³/mol. The Kier molecular flexibility index (Phi) is 5.49. The Morgan fingerprint density at radius 1 is 1.26 bits per heavy atom. The van der Waals surface area contributed by atoms with Gasteiger partial charge in [0, 0.05) is 0 Å². The number of carbonyl (C=O) groups excluding carboxylic acids is 3. The van der Waals surface area contributed by atoms with Crippen LogP contribution in [0.25, 0.3) is 0 Å². The van der Waals surface area contributed by atoms with E-state index < -0.39 is 17.8 Å². The molecule has 1 aromatic carbocycles. The molecule has 19 heavy (non-hydrogen) atoms. The maximum atomic E-state index is 11.9. The Labute approximate surface area is 110 Å². The zero-order valence-corrected chi connectivity index (χ0v) is 10.4. The minimum atomic E-state index is -0.558. The molecule has 0 fully saturated rings. The van der Waals surface area contributed by atoms with E-state index in [-0.39, 0.29) is 18.7 Å². The third kappa shape index (κ3) is 4.40. The number of para-hydroxylation sites is 1. The molecular weight excluding hydrogens is 250 g/mol. The van der Waals surface area contributed by atoms with Crippen molar-refractivity contribution in [2.24, 2.45) is 5.73 Å². The molecule has 1 rings (SSSR count). The Hall–Kier alpha value is -2.41. The number of hydrogen-bond donors (Lipinski definition) is 3. The van der Waals surface area contributed by atoms with Gasteiger partial charge in [-0.1, -0.05) is 12.1 Å². The van der Waals surface area contributed by atoms with Gasteiger partial charge in [-0.05, 0) is 12.1 Å². The smallest absolute Gasteiger partial charge is 0.325 e. The third-order valence-corrected chi connectivity index (χ3v) is 2.25. The second-order valence-electron chi connectivity index (χ2n) is 3.56. The zero-order chi connectivity index (χ0) is 14.3. The summed E-state index contributed by atoms with van der Waals surface area (Å²) in [4.78, 5) is 34.0. The van der Waals surface area contributed by atoms with Crippen LogP contribution in [0.2, 0.25) is 0 Å². The molecule has 2 amide bonds. The van der Waals surface area contributed by atoms with Crippen molar-refractivity contribution in [3.8, 4) is 0 Å². The summed E-state index contributed by atoms with van der Waals surface area (Å²) >= 11 is 0. The topological polar surface area (TPSA) is 111 Å². The molecule has 0 unspecified atom stereocenters. The Morgan fingerprint density at radius 3 is 2.58 bits per heavy atom. The molecule has 0 aliphatic rings. The van der Waals surface area contributed by atoms with Crippen molar-refractivity contribution in [3.63, 3.8) is 0 Å². The van der Waals surface area contributed by atoms with Crippen molar-refractivity contribution in [2.75, 3.05) is 25.5 Å². The van der Waals surface area contributed by atoms with Crippen LogP contribution in [-0.2, 0) is 14.3 Å². The molecule has 4 N–H and O–H groups in total. The minimum Gasteiger partial charge on any atom is -0.468 e. The maximum Gasteiger partial charge on any atom is 0.325 e. The second-order valence-corrected chi connectivity index (χ2v) is 3.56. The molecule has 0 saturated carbocycles. The largest absolute Gasteiger partial charge is 0.468 e. The van der Waals surface area contributed by atoms with E-state index in [1.807, 2.05) is 0 Å². The molecule has 0 saturated heterocycles. The van der Waals surface area contributed by atoms with Gasteiger partial charge in [-0.3, -0.25) is 14.4 Å². The Bertz CT molecular complexity index is 488. The number of ether oxygens (including phenoxy) is 1. The second kappa shape index (κ2) is 7.12. The van der Waals surface area contributed by atoms with Crippen LogP contribution in [0.4, 0.5) is 5.69 Å². The maximum absolute atomic E-state index is 11.9. The van der Waals surface area contributed by atoms with Crippen LogP contribution >= 0.6 is 0 Å². The van der Waals surface area contributed by atoms with Crippen LogP contribution in [0.5, 0.6) is 0 Å². The van der Waals surface area contributed by atoms with Gasteiger partial charge in [0.05, 0.1) is 24.9 Å². The number of nitrogens with one attached hydrogen (secondary N) is 2. The molecular formula is C12H15N3O4. The lowest BCUT2D eigenvalue weighted by atomic mass is 10.1. The van der Waals surface area contributed by atoms with E-state index >= 15 is 0 Å². The monoisotopic (exact) mass is 265 g/mol. The lowest BCUT2D eigenvalue weighted by Gasteiger charge is -2.10. The van der Waals surface area contributed by atoms with Gasteiger partial charge >= 0.3 is 5.97 Å². The lowest BCUT2D eigenvalue weighted by Crippen LogP contribution is -2.31. The Balaban J connectivity index is 2.78. The van der Waals surface area contributed by atoms with Gasteiger partial charge in [-0.25, -0.2) is 0 Å². The summed E-state index contributed by atoms with van der Waals surface area (Å²) in [6.45, 7) is -0.424. The zero-order valence-electron chi connectivity index (χ0n) is 10.4. The fourth-order valence-electron chi connectivity index (χ4n) is 1.31. The van der Waals surface area contributed by atoms with E-state index in [2.05, 4.69) is 15.4 Å². The van der Waals surface area contributed by atoms with Crippen LogP contribution in [0.15, 0.2) is 24.3 Å². The van der Waals surface area contributed by atoms with Crippen molar-refractivity contribution >= 4 is 23.5 Å². The van der Waals surface area contributed by atoms with Crippen LogP contribution in [0, 0.1) is 0 Å². The highest BCUT2D eigenvalue weighted by atomic mass is 16.5. The molecule has 7 nitrogen and oxygen atoms in total. The Morgan fingerprint density at radius 2 is 1.95 bits per heavy atom. The van der Waals surface area contributed by atoms with Crippen molar-refractivity contribution < 1.29 is 19.1 Å². The van der Waals surface area contributed by atoms with Crippen molar-refractivity contribution in [1.29, 1.82) is 0 Å². The molecule has 7 heteroatoms. The molecule has 0 spiro atoms. The highest BCUT2D eigenvalue weighted by Crippen LogP contribution is 2.14. The summed E-state index contributed by atoms with van der Waals surface area (Å²) in [6, 6.07) is 6.41. The number of hydrogen-bond acceptors (Lipinski definition) is 5. The van der Waals surface area contributed by atoms with E-state index in [0.29, 0.717) is 5.69 Å². The van der Waals surface area contributed by atoms with Crippen molar-refractivity contribution in [3.05, 3.63) is 29.8 Å². The van der Waals surface area contributed by atoms with E-state index in [1.54, 1.807) is 18.2 Å². The number of benzene rings is 1. The van der Waals surface area contributed by atoms with E-state index in [0.717, 1.165) is 0 Å². The van der Waals surface area contributed by atoms with Gasteiger partial charge in [-0.15, -0.1) is 0 Å². The van der Waals surface area contributed by atoms with Gasteiger partial charge in [-0.2, -0.15) is 0 Å². The number of nitrogens with two attached hydrogens (primary N) is 1. The highest BCUT2D eigenvalue weighted by Gasteiger charge is 2.13. The number of amides is 2. The van der Waals surface area contributed by atoms with Crippen LogP contribution in [-0.4, -0.2) is 38.0 Å². The van der Waals surface area contributed by atoms with Crippen LogP contribution in [0.3, 0.4) is 0 Å². The highest BCUT2D eigenvalue weighted by molar-refractivity contribution is 6.04. The first-order valence-corrected chi connectivity index (χ1v) is 5.52. The molecule has 0 aromatic heterocycles. The van der Waals surface area contributed by atoms with E-state index in [9.17, 15) is 14.4 Å². The minimum absolute atomic E-state index is 0.182. The van der Waals surface area contributed by atoms with Crippen molar-refractivity contribution in [1.82, 2.24) is 5.32 Å².